The largest absolute Gasteiger partial charge is 0.299 e. The minimum absolute atomic E-state index is 0.196. The number of nitrogens with one attached hydrogen (secondary N) is 1. The third kappa shape index (κ3) is 3.26. The van der Waals surface area contributed by atoms with Crippen LogP contribution in [0, 0.1) is 11.8 Å². The van der Waals surface area contributed by atoms with E-state index in [2.05, 4.69) is 15.5 Å². The summed E-state index contributed by atoms with van der Waals surface area (Å²) in [6.45, 7) is 1.82. The Labute approximate surface area is 138 Å². The average Bonchev–Trinajstić information content (AvgIpc) is 3.07. The predicted octanol–water partition coefficient (Wildman–Crippen LogP) is 1.60. The number of imide groups is 1. The molecule has 0 spiro atoms. The van der Waals surface area contributed by atoms with Gasteiger partial charge in [0.1, 0.15) is 11.6 Å². The lowest BCUT2D eigenvalue weighted by molar-refractivity contribution is -0.142. The Morgan fingerprint density at radius 3 is 2.48 bits per heavy atom. The number of amides is 3. The Morgan fingerprint density at radius 1 is 1.22 bits per heavy atom. The third-order valence-corrected chi connectivity index (χ3v) is 5.31. The summed E-state index contributed by atoms with van der Waals surface area (Å²) in [6.07, 6.45) is 5.24. The van der Waals surface area contributed by atoms with Crippen LogP contribution in [-0.2, 0) is 20.8 Å². The second kappa shape index (κ2) is 6.74. The summed E-state index contributed by atoms with van der Waals surface area (Å²) < 4.78 is 0. The Bertz CT molecular complexity index is 606. The summed E-state index contributed by atoms with van der Waals surface area (Å²) in [5, 5.41) is 11.8. The van der Waals surface area contributed by atoms with Gasteiger partial charge in [-0.25, -0.2) is 0 Å². The van der Waals surface area contributed by atoms with Crippen LogP contribution in [0.4, 0.5) is 5.13 Å². The lowest BCUT2D eigenvalue weighted by Gasteiger charge is -2.19. The molecule has 1 aliphatic carbocycles. The molecule has 2 aliphatic rings. The molecule has 23 heavy (non-hydrogen) atoms. The zero-order chi connectivity index (χ0) is 16.4. The van der Waals surface area contributed by atoms with Crippen molar-refractivity contribution in [3.05, 3.63) is 5.01 Å². The molecule has 8 heteroatoms. The first-order chi connectivity index (χ1) is 11.1. The highest BCUT2D eigenvalue weighted by atomic mass is 32.1. The summed E-state index contributed by atoms with van der Waals surface area (Å²) in [5.41, 5.74) is 0. The van der Waals surface area contributed by atoms with E-state index in [0.29, 0.717) is 5.13 Å². The van der Waals surface area contributed by atoms with Gasteiger partial charge < -0.3 is 0 Å². The molecular weight excluding hydrogens is 316 g/mol. The second-order valence-corrected chi connectivity index (χ2v) is 7.12. The van der Waals surface area contributed by atoms with Crippen molar-refractivity contribution in [3.8, 4) is 0 Å². The van der Waals surface area contributed by atoms with Gasteiger partial charge in [0.25, 0.3) is 0 Å². The molecule has 2 fully saturated rings. The van der Waals surface area contributed by atoms with Crippen LogP contribution in [0.15, 0.2) is 0 Å². The molecule has 0 bridgehead atoms. The fourth-order valence-corrected chi connectivity index (χ4v) is 4.17. The van der Waals surface area contributed by atoms with E-state index >= 15 is 0 Å². The van der Waals surface area contributed by atoms with Gasteiger partial charge in [0, 0.05) is 6.42 Å². The maximum atomic E-state index is 12.3. The van der Waals surface area contributed by atoms with E-state index in [1.54, 1.807) is 0 Å². The summed E-state index contributed by atoms with van der Waals surface area (Å²) in [6, 6.07) is 0. The molecule has 3 rings (SSSR count). The molecule has 0 aromatic carbocycles. The first kappa shape index (κ1) is 16.0. The number of fused-ring (bicyclic) bond motifs is 1. The van der Waals surface area contributed by atoms with Gasteiger partial charge in [0.2, 0.25) is 22.9 Å². The van der Waals surface area contributed by atoms with Gasteiger partial charge in [-0.15, -0.1) is 10.2 Å². The number of likely N-dealkylation sites (tertiary alicyclic amines) is 1. The van der Waals surface area contributed by atoms with Crippen molar-refractivity contribution in [1.29, 1.82) is 0 Å². The van der Waals surface area contributed by atoms with Crippen molar-refractivity contribution in [1.82, 2.24) is 15.1 Å². The van der Waals surface area contributed by atoms with Gasteiger partial charge in [-0.2, -0.15) is 0 Å². The van der Waals surface area contributed by atoms with Gasteiger partial charge in [-0.1, -0.05) is 31.1 Å². The summed E-state index contributed by atoms with van der Waals surface area (Å²) >= 11 is 1.32. The molecule has 1 aromatic heterocycles. The van der Waals surface area contributed by atoms with Gasteiger partial charge in [0.15, 0.2) is 0 Å². The molecule has 3 amide bonds. The molecule has 2 heterocycles. The van der Waals surface area contributed by atoms with Crippen molar-refractivity contribution >= 4 is 34.2 Å². The fourth-order valence-electron chi connectivity index (χ4n) is 3.31. The minimum Gasteiger partial charge on any atom is -0.299 e. The maximum absolute atomic E-state index is 12.3. The van der Waals surface area contributed by atoms with Crippen LogP contribution < -0.4 is 5.32 Å². The van der Waals surface area contributed by atoms with E-state index in [0.717, 1.165) is 48.4 Å². The second-order valence-electron chi connectivity index (χ2n) is 6.06. The number of aryl methyl sites for hydroxylation is 1. The van der Waals surface area contributed by atoms with E-state index in [4.69, 9.17) is 0 Å². The molecule has 0 radical (unpaired) electrons. The van der Waals surface area contributed by atoms with Crippen LogP contribution >= 0.6 is 11.3 Å². The van der Waals surface area contributed by atoms with Crippen molar-refractivity contribution in [2.24, 2.45) is 11.8 Å². The molecule has 7 nitrogen and oxygen atoms in total. The molecular formula is C15H20N4O3S. The number of anilines is 1. The number of carbonyl (C=O) groups excluding carboxylic acids is 3. The van der Waals surface area contributed by atoms with Crippen LogP contribution in [0.2, 0.25) is 0 Å². The Balaban J connectivity index is 1.60. The number of rotatable bonds is 5. The molecule has 1 saturated heterocycles. The zero-order valence-electron chi connectivity index (χ0n) is 13.1. The summed E-state index contributed by atoms with van der Waals surface area (Å²) in [4.78, 5) is 37.9. The first-order valence-corrected chi connectivity index (χ1v) is 8.89. The Hall–Kier alpha value is -1.83. The third-order valence-electron chi connectivity index (χ3n) is 4.41. The fraction of sp³-hybridized carbons (Fsp3) is 0.667. The van der Waals surface area contributed by atoms with Crippen molar-refractivity contribution in [2.75, 3.05) is 11.9 Å². The highest BCUT2D eigenvalue weighted by Gasteiger charge is 2.48. The van der Waals surface area contributed by atoms with Gasteiger partial charge in [-0.3, -0.25) is 24.6 Å². The minimum atomic E-state index is -0.399. The van der Waals surface area contributed by atoms with E-state index < -0.39 is 5.91 Å². The standard InChI is InChI=1S/C15H20N4O3S/c1-2-5-12-17-18-15(23-12)16-11(20)8-19-13(21)9-6-3-4-7-10(9)14(19)22/h9-10H,2-8H2,1H3,(H,16,18,20). The molecule has 1 aliphatic heterocycles. The highest BCUT2D eigenvalue weighted by Crippen LogP contribution is 2.37. The maximum Gasteiger partial charge on any atom is 0.246 e. The summed E-state index contributed by atoms with van der Waals surface area (Å²) in [5.74, 6) is -1.23. The van der Waals surface area contributed by atoms with Crippen LogP contribution in [0.3, 0.4) is 0 Å². The average molecular weight is 336 g/mol. The lowest BCUT2D eigenvalue weighted by Crippen LogP contribution is -2.38. The molecule has 1 N–H and O–H groups in total. The zero-order valence-corrected chi connectivity index (χ0v) is 13.9. The predicted molar refractivity (Wildman–Crippen MR) is 84.7 cm³/mol. The number of hydrogen-bond donors (Lipinski definition) is 1. The van der Waals surface area contributed by atoms with Gasteiger partial charge in [-0.05, 0) is 19.3 Å². The topological polar surface area (TPSA) is 92.3 Å². The van der Waals surface area contributed by atoms with Crippen molar-refractivity contribution in [2.45, 2.75) is 45.4 Å². The van der Waals surface area contributed by atoms with Crippen LogP contribution in [0.25, 0.3) is 0 Å². The van der Waals surface area contributed by atoms with Crippen LogP contribution in [0.1, 0.15) is 44.0 Å². The highest BCUT2D eigenvalue weighted by molar-refractivity contribution is 7.15. The van der Waals surface area contributed by atoms with E-state index in [1.165, 1.54) is 11.3 Å². The summed E-state index contributed by atoms with van der Waals surface area (Å²) in [7, 11) is 0. The van der Waals surface area contributed by atoms with Crippen molar-refractivity contribution < 1.29 is 14.4 Å². The molecule has 1 saturated carbocycles. The van der Waals surface area contributed by atoms with Gasteiger partial charge >= 0.3 is 0 Å². The monoisotopic (exact) mass is 336 g/mol. The quantitative estimate of drug-likeness (QED) is 0.825. The van der Waals surface area contributed by atoms with E-state index in [9.17, 15) is 14.4 Å². The van der Waals surface area contributed by atoms with Gasteiger partial charge in [0.05, 0.1) is 11.8 Å². The smallest absolute Gasteiger partial charge is 0.246 e. The first-order valence-electron chi connectivity index (χ1n) is 8.07. The molecule has 1 aromatic rings. The SMILES string of the molecule is CCCc1nnc(NC(=O)CN2C(=O)C3CCCCC3C2=O)s1. The van der Waals surface area contributed by atoms with Crippen molar-refractivity contribution in [3.63, 3.8) is 0 Å². The number of carbonyl (C=O) groups is 3. The molecule has 124 valence electrons. The molecule has 2 atom stereocenters. The lowest BCUT2D eigenvalue weighted by atomic mass is 9.81. The van der Waals surface area contributed by atoms with E-state index in [1.807, 2.05) is 6.92 Å². The molecule has 2 unspecified atom stereocenters. The van der Waals surface area contributed by atoms with Crippen LogP contribution in [0.5, 0.6) is 0 Å². The normalized spacial score (nSPS) is 24.0. The van der Waals surface area contributed by atoms with Crippen LogP contribution in [-0.4, -0.2) is 39.4 Å². The number of hydrogen-bond acceptors (Lipinski definition) is 6. The Morgan fingerprint density at radius 2 is 1.87 bits per heavy atom. The number of aromatic nitrogens is 2. The van der Waals surface area contributed by atoms with E-state index in [-0.39, 0.29) is 30.2 Å². The number of nitrogens with zero attached hydrogens (tertiary/aromatic N) is 3. The Kier molecular flexibility index (Phi) is 4.70.